The summed E-state index contributed by atoms with van der Waals surface area (Å²) in [5, 5.41) is 11.7. The van der Waals surface area contributed by atoms with E-state index in [-0.39, 0.29) is 26.1 Å². The first kappa shape index (κ1) is 19.2. The SMILES string of the molecule is O=C(c1ccc(Cl)c(SOOO)c1)c1ccc(Cl)c(S(=O)(=O)O)c1. The Labute approximate surface area is 150 Å². The van der Waals surface area contributed by atoms with Crippen molar-refractivity contribution in [3.8, 4) is 0 Å². The van der Waals surface area contributed by atoms with Crippen molar-refractivity contribution in [3.63, 3.8) is 0 Å². The van der Waals surface area contributed by atoms with Crippen molar-refractivity contribution in [1.29, 1.82) is 0 Å². The highest BCUT2D eigenvalue weighted by Gasteiger charge is 2.19. The molecule has 0 aliphatic heterocycles. The summed E-state index contributed by atoms with van der Waals surface area (Å²) in [5.41, 5.74) is 0.150. The molecule has 24 heavy (non-hydrogen) atoms. The Bertz CT molecular complexity index is 884. The normalized spacial score (nSPS) is 11.5. The zero-order chi connectivity index (χ0) is 17.9. The molecule has 0 atom stereocenters. The van der Waals surface area contributed by atoms with Crippen LogP contribution in [0.5, 0.6) is 0 Å². The highest BCUT2D eigenvalue weighted by atomic mass is 35.5. The van der Waals surface area contributed by atoms with Gasteiger partial charge in [-0.3, -0.25) is 9.35 Å². The molecule has 7 nitrogen and oxygen atoms in total. The standard InChI is InChI=1S/C13H8Cl2O7S2/c14-9-3-1-7(5-11(9)23-22-21-17)13(16)8-2-4-10(15)12(6-8)24(18,19)20/h1-6,17H,(H,18,19,20). The molecule has 0 aromatic heterocycles. The van der Waals surface area contributed by atoms with Crippen LogP contribution in [0.15, 0.2) is 46.2 Å². The number of halogens is 2. The van der Waals surface area contributed by atoms with E-state index in [1.54, 1.807) is 0 Å². The quantitative estimate of drug-likeness (QED) is 0.242. The fraction of sp³-hybridized carbons (Fsp3) is 0. The Morgan fingerprint density at radius 1 is 1.04 bits per heavy atom. The second-order valence-corrected chi connectivity index (χ2v) is 7.27. The first-order chi connectivity index (χ1) is 11.2. The zero-order valence-corrected chi connectivity index (χ0v) is 14.6. The number of carbonyl (C=O) groups excluding carboxylic acids is 1. The molecule has 0 spiro atoms. The van der Waals surface area contributed by atoms with Crippen LogP contribution in [0.3, 0.4) is 0 Å². The van der Waals surface area contributed by atoms with Gasteiger partial charge in [-0.15, -0.1) is 4.33 Å². The van der Waals surface area contributed by atoms with E-state index in [4.69, 9.17) is 33.0 Å². The van der Waals surface area contributed by atoms with E-state index in [9.17, 15) is 13.2 Å². The van der Waals surface area contributed by atoms with Gasteiger partial charge >= 0.3 is 0 Å². The van der Waals surface area contributed by atoms with Gasteiger partial charge in [0.2, 0.25) is 0 Å². The average Bonchev–Trinajstić information content (AvgIpc) is 2.53. The predicted molar refractivity (Wildman–Crippen MR) is 86.8 cm³/mol. The number of rotatable bonds is 6. The van der Waals surface area contributed by atoms with Crippen LogP contribution in [0, 0.1) is 0 Å². The maximum Gasteiger partial charge on any atom is 0.296 e. The molecule has 0 heterocycles. The van der Waals surface area contributed by atoms with Gasteiger partial charge in [0.05, 0.1) is 27.0 Å². The van der Waals surface area contributed by atoms with E-state index in [0.29, 0.717) is 12.0 Å². The lowest BCUT2D eigenvalue weighted by Crippen LogP contribution is -2.05. The van der Waals surface area contributed by atoms with Gasteiger partial charge < -0.3 is 0 Å². The number of benzene rings is 2. The van der Waals surface area contributed by atoms with Crippen molar-refractivity contribution in [2.24, 2.45) is 0 Å². The van der Waals surface area contributed by atoms with Crippen LogP contribution in [0.25, 0.3) is 0 Å². The lowest BCUT2D eigenvalue weighted by Gasteiger charge is -2.07. The van der Waals surface area contributed by atoms with Gasteiger partial charge in [0.1, 0.15) is 4.90 Å². The Hall–Kier alpha value is -1.17. The van der Waals surface area contributed by atoms with E-state index in [1.165, 1.54) is 30.3 Å². The molecule has 128 valence electrons. The van der Waals surface area contributed by atoms with Gasteiger partial charge in [-0.05, 0) is 36.4 Å². The van der Waals surface area contributed by atoms with Crippen molar-refractivity contribution < 1.29 is 32.4 Å². The Kier molecular flexibility index (Phi) is 6.23. The molecular weight excluding hydrogens is 403 g/mol. The number of carbonyl (C=O) groups is 1. The van der Waals surface area contributed by atoms with E-state index in [2.05, 4.69) is 9.37 Å². The van der Waals surface area contributed by atoms with Crippen molar-refractivity contribution in [1.82, 2.24) is 0 Å². The second kappa shape index (κ2) is 7.81. The van der Waals surface area contributed by atoms with Crippen LogP contribution >= 0.6 is 35.2 Å². The number of hydrogen-bond donors (Lipinski definition) is 2. The number of hydrogen-bond acceptors (Lipinski definition) is 7. The smallest absolute Gasteiger partial charge is 0.289 e. The van der Waals surface area contributed by atoms with Gasteiger partial charge in [-0.2, -0.15) is 8.42 Å². The molecule has 2 rings (SSSR count). The summed E-state index contributed by atoms with van der Waals surface area (Å²) < 4.78 is 35.9. The monoisotopic (exact) mass is 410 g/mol. The van der Waals surface area contributed by atoms with Crippen LogP contribution in [0.4, 0.5) is 0 Å². The molecule has 2 aromatic rings. The third kappa shape index (κ3) is 4.47. The molecule has 2 aromatic carbocycles. The van der Waals surface area contributed by atoms with Crippen LogP contribution < -0.4 is 0 Å². The summed E-state index contributed by atoms with van der Waals surface area (Å²) in [6.07, 6.45) is 0. The molecule has 0 saturated heterocycles. The molecule has 0 aliphatic rings. The van der Waals surface area contributed by atoms with Gasteiger partial charge in [-0.1, -0.05) is 28.2 Å². The average molecular weight is 411 g/mol. The minimum atomic E-state index is -4.57. The van der Waals surface area contributed by atoms with Gasteiger partial charge in [0.25, 0.3) is 10.1 Å². The second-order valence-electron chi connectivity index (χ2n) is 4.32. The summed E-state index contributed by atoms with van der Waals surface area (Å²) in [6.45, 7) is 0. The fourth-order valence-corrected chi connectivity index (χ4v) is 3.41. The van der Waals surface area contributed by atoms with Gasteiger partial charge in [0.15, 0.2) is 5.78 Å². The molecule has 0 bridgehead atoms. The molecule has 0 radical (unpaired) electrons. The molecule has 0 unspecified atom stereocenters. The third-order valence-electron chi connectivity index (χ3n) is 2.82. The first-order valence-electron chi connectivity index (χ1n) is 6.00. The van der Waals surface area contributed by atoms with Crippen molar-refractivity contribution in [2.75, 3.05) is 0 Å². The molecule has 11 heteroatoms. The van der Waals surface area contributed by atoms with Crippen LogP contribution in [0.1, 0.15) is 15.9 Å². The summed E-state index contributed by atoms with van der Waals surface area (Å²) in [4.78, 5) is 12.2. The molecule has 0 fully saturated rings. The molecule has 2 N–H and O–H groups in total. The van der Waals surface area contributed by atoms with Gasteiger partial charge in [-0.25, -0.2) is 5.26 Å². The maximum absolute atomic E-state index is 12.5. The summed E-state index contributed by atoms with van der Waals surface area (Å²) in [7, 11) is -4.57. The van der Waals surface area contributed by atoms with Crippen molar-refractivity contribution >= 4 is 51.1 Å². The highest BCUT2D eigenvalue weighted by Crippen LogP contribution is 2.30. The zero-order valence-electron chi connectivity index (χ0n) is 11.5. The minimum absolute atomic E-state index is 0.00961. The minimum Gasteiger partial charge on any atom is -0.289 e. The summed E-state index contributed by atoms with van der Waals surface area (Å²) in [6, 6.07) is 7.65. The van der Waals surface area contributed by atoms with Crippen LogP contribution in [0.2, 0.25) is 10.0 Å². The fourth-order valence-electron chi connectivity index (χ4n) is 1.77. The van der Waals surface area contributed by atoms with E-state index in [0.717, 1.165) is 6.07 Å². The van der Waals surface area contributed by atoms with Gasteiger partial charge in [0, 0.05) is 11.1 Å². The third-order valence-corrected chi connectivity index (χ3v) is 5.24. The lowest BCUT2D eigenvalue weighted by atomic mass is 10.0. The number of ketones is 1. The highest BCUT2D eigenvalue weighted by molar-refractivity contribution is 7.94. The maximum atomic E-state index is 12.5. The molecule has 0 aliphatic carbocycles. The topological polar surface area (TPSA) is 110 Å². The van der Waals surface area contributed by atoms with E-state index < -0.39 is 20.8 Å². The van der Waals surface area contributed by atoms with E-state index in [1.807, 2.05) is 0 Å². The first-order valence-corrected chi connectivity index (χ1v) is 8.94. The largest absolute Gasteiger partial charge is 0.296 e. The lowest BCUT2D eigenvalue weighted by molar-refractivity contribution is -0.432. The van der Waals surface area contributed by atoms with Crippen LogP contribution in [-0.4, -0.2) is 24.0 Å². The van der Waals surface area contributed by atoms with Crippen molar-refractivity contribution in [2.45, 2.75) is 9.79 Å². The Balaban J connectivity index is 2.42. The Morgan fingerprint density at radius 3 is 2.21 bits per heavy atom. The molecule has 0 amide bonds. The van der Waals surface area contributed by atoms with Crippen molar-refractivity contribution in [3.05, 3.63) is 57.6 Å². The summed E-state index contributed by atoms with van der Waals surface area (Å²) in [5.74, 6) is -0.542. The molecule has 0 saturated carbocycles. The van der Waals surface area contributed by atoms with Crippen LogP contribution in [-0.2, 0) is 19.5 Å². The molecular formula is C13H8Cl2O7S2. The summed E-state index contributed by atoms with van der Waals surface area (Å²) >= 11 is 12.2. The predicted octanol–water partition coefficient (Wildman–Crippen LogP) is 3.90. The Morgan fingerprint density at radius 2 is 1.62 bits per heavy atom. The van der Waals surface area contributed by atoms with E-state index >= 15 is 0 Å².